The fourth-order valence-corrected chi connectivity index (χ4v) is 5.06. The van der Waals surface area contributed by atoms with Gasteiger partial charge in [-0.1, -0.05) is 48.0 Å². The monoisotopic (exact) mass is 459 g/mol. The Bertz CT molecular complexity index is 940. The van der Waals surface area contributed by atoms with Crippen molar-refractivity contribution in [3.05, 3.63) is 70.5 Å². The largest absolute Gasteiger partial charge is 0.453 e. The molecule has 2 fully saturated rings. The van der Waals surface area contributed by atoms with Gasteiger partial charge in [0, 0.05) is 32.7 Å². The number of likely N-dealkylation sites (tertiary alicyclic amines) is 2. The van der Waals surface area contributed by atoms with Gasteiger partial charge in [-0.2, -0.15) is 0 Å². The number of ether oxygens (including phenoxy) is 1. The Balaban J connectivity index is 1.33. The molecule has 4 rings (SSSR count). The van der Waals surface area contributed by atoms with Gasteiger partial charge in [-0.15, -0.1) is 0 Å². The van der Waals surface area contributed by atoms with Crippen molar-refractivity contribution in [2.75, 3.05) is 39.8 Å². The van der Waals surface area contributed by atoms with Gasteiger partial charge in [-0.05, 0) is 36.0 Å². The quantitative estimate of drug-likeness (QED) is 0.710. The van der Waals surface area contributed by atoms with Crippen LogP contribution in [0.5, 0.6) is 0 Å². The van der Waals surface area contributed by atoms with Crippen molar-refractivity contribution < 1.29 is 18.7 Å². The second-order valence-corrected chi connectivity index (χ2v) is 8.88. The molecular weight excluding hydrogens is 433 g/mol. The third-order valence-electron chi connectivity index (χ3n) is 6.44. The Morgan fingerprint density at radius 3 is 2.41 bits per heavy atom. The average Bonchev–Trinajstić information content (AvgIpc) is 3.36. The summed E-state index contributed by atoms with van der Waals surface area (Å²) in [7, 11) is 1.36. The molecule has 170 valence electrons. The van der Waals surface area contributed by atoms with Crippen LogP contribution in [0.2, 0.25) is 5.02 Å². The molecule has 1 N–H and O–H groups in total. The number of alkyl carbamates (subject to hydrolysis) is 1. The molecule has 32 heavy (non-hydrogen) atoms. The van der Waals surface area contributed by atoms with Crippen molar-refractivity contribution in [2.45, 2.75) is 12.5 Å². The number of amides is 2. The van der Waals surface area contributed by atoms with Crippen molar-refractivity contribution in [2.24, 2.45) is 11.8 Å². The zero-order valence-corrected chi connectivity index (χ0v) is 18.7. The SMILES string of the molecule is COC(=O)NC(CCN1CC2CN(C(=O)c3c(F)cccc3Cl)C[C@@H]2C1)c1ccccc1. The van der Waals surface area contributed by atoms with E-state index in [1.807, 2.05) is 30.3 Å². The minimum atomic E-state index is -0.578. The number of nitrogens with zero attached hydrogens (tertiary/aromatic N) is 2. The predicted molar refractivity (Wildman–Crippen MR) is 120 cm³/mol. The maximum Gasteiger partial charge on any atom is 0.407 e. The molecule has 2 aliphatic heterocycles. The van der Waals surface area contributed by atoms with Crippen LogP contribution < -0.4 is 5.32 Å². The van der Waals surface area contributed by atoms with Gasteiger partial charge in [0.2, 0.25) is 0 Å². The number of methoxy groups -OCH3 is 1. The number of hydrogen-bond donors (Lipinski definition) is 1. The lowest BCUT2D eigenvalue weighted by molar-refractivity contribution is 0.0769. The first kappa shape index (κ1) is 22.6. The van der Waals surface area contributed by atoms with Crippen molar-refractivity contribution >= 4 is 23.6 Å². The first-order chi connectivity index (χ1) is 15.5. The van der Waals surface area contributed by atoms with Crippen molar-refractivity contribution in [1.82, 2.24) is 15.1 Å². The number of carbonyl (C=O) groups is 2. The van der Waals surface area contributed by atoms with Gasteiger partial charge in [0.05, 0.1) is 23.7 Å². The first-order valence-corrected chi connectivity index (χ1v) is 11.2. The van der Waals surface area contributed by atoms with Gasteiger partial charge >= 0.3 is 6.09 Å². The number of fused-ring (bicyclic) bond motifs is 1. The highest BCUT2D eigenvalue weighted by Gasteiger charge is 2.42. The van der Waals surface area contributed by atoms with Crippen LogP contribution in [0.3, 0.4) is 0 Å². The van der Waals surface area contributed by atoms with Gasteiger partial charge in [-0.25, -0.2) is 9.18 Å². The lowest BCUT2D eigenvalue weighted by Crippen LogP contribution is -2.35. The maximum atomic E-state index is 14.2. The van der Waals surface area contributed by atoms with E-state index in [0.29, 0.717) is 24.9 Å². The van der Waals surface area contributed by atoms with Gasteiger partial charge < -0.3 is 19.9 Å². The van der Waals surface area contributed by atoms with Crippen LogP contribution in [0.4, 0.5) is 9.18 Å². The molecule has 2 aromatic carbocycles. The molecule has 0 saturated carbocycles. The smallest absolute Gasteiger partial charge is 0.407 e. The molecule has 0 aromatic heterocycles. The number of nitrogens with one attached hydrogen (secondary N) is 1. The zero-order chi connectivity index (χ0) is 22.7. The molecule has 0 spiro atoms. The van der Waals surface area contributed by atoms with E-state index in [1.54, 1.807) is 11.0 Å². The molecule has 0 bridgehead atoms. The predicted octanol–water partition coefficient (Wildman–Crippen LogP) is 3.97. The van der Waals surface area contributed by atoms with Crippen LogP contribution in [-0.4, -0.2) is 61.6 Å². The third-order valence-corrected chi connectivity index (χ3v) is 6.75. The highest BCUT2D eigenvalue weighted by molar-refractivity contribution is 6.33. The van der Waals surface area contributed by atoms with E-state index in [0.717, 1.165) is 31.6 Å². The van der Waals surface area contributed by atoms with Crippen LogP contribution >= 0.6 is 11.6 Å². The number of rotatable bonds is 6. The summed E-state index contributed by atoms with van der Waals surface area (Å²) < 4.78 is 18.9. The normalized spacial score (nSPS) is 21.3. The Labute approximate surface area is 192 Å². The molecule has 2 saturated heterocycles. The van der Waals surface area contributed by atoms with Crippen LogP contribution in [0.1, 0.15) is 28.4 Å². The number of carbonyl (C=O) groups excluding carboxylic acids is 2. The molecule has 2 aliphatic rings. The van der Waals surface area contributed by atoms with E-state index >= 15 is 0 Å². The fraction of sp³-hybridized carbons (Fsp3) is 0.417. The summed E-state index contributed by atoms with van der Waals surface area (Å²) in [5.41, 5.74) is 1.00. The van der Waals surface area contributed by atoms with Crippen molar-refractivity contribution in [1.29, 1.82) is 0 Å². The number of hydrogen-bond acceptors (Lipinski definition) is 4. The molecule has 0 radical (unpaired) electrons. The molecule has 2 aromatic rings. The Hall–Kier alpha value is -2.64. The molecule has 0 aliphatic carbocycles. The minimum absolute atomic E-state index is 0.0365. The Morgan fingerprint density at radius 2 is 1.78 bits per heavy atom. The molecule has 2 heterocycles. The van der Waals surface area contributed by atoms with E-state index in [1.165, 1.54) is 19.2 Å². The molecule has 3 atom stereocenters. The Kier molecular flexibility index (Phi) is 6.96. The Morgan fingerprint density at radius 1 is 1.09 bits per heavy atom. The van der Waals surface area contributed by atoms with Gasteiger partial charge in [0.15, 0.2) is 0 Å². The summed E-state index contributed by atoms with van der Waals surface area (Å²) in [6.45, 7) is 3.78. The second kappa shape index (κ2) is 9.88. The molecule has 2 amide bonds. The minimum Gasteiger partial charge on any atom is -0.453 e. The summed E-state index contributed by atoms with van der Waals surface area (Å²) in [5.74, 6) is -0.201. The topological polar surface area (TPSA) is 61.9 Å². The lowest BCUT2D eigenvalue weighted by atomic mass is 10.0. The van der Waals surface area contributed by atoms with Crippen LogP contribution in [0.15, 0.2) is 48.5 Å². The van der Waals surface area contributed by atoms with E-state index in [9.17, 15) is 14.0 Å². The zero-order valence-electron chi connectivity index (χ0n) is 18.0. The summed E-state index contributed by atoms with van der Waals surface area (Å²) in [6.07, 6.45) is 0.310. The average molecular weight is 460 g/mol. The van der Waals surface area contributed by atoms with Crippen LogP contribution in [0, 0.1) is 17.7 Å². The third kappa shape index (κ3) is 4.89. The molecular formula is C24H27ClFN3O3. The van der Waals surface area contributed by atoms with Crippen molar-refractivity contribution in [3.8, 4) is 0 Å². The van der Waals surface area contributed by atoms with Gasteiger partial charge in [-0.3, -0.25) is 4.79 Å². The fourth-order valence-electron chi connectivity index (χ4n) is 4.82. The number of halogens is 2. The van der Waals surface area contributed by atoms with Crippen LogP contribution in [-0.2, 0) is 4.74 Å². The molecule has 2 unspecified atom stereocenters. The molecule has 6 nitrogen and oxygen atoms in total. The standard InChI is InChI=1S/C24H27ClFN3O3/c1-32-24(31)27-21(16-6-3-2-4-7-16)10-11-28-12-17-14-29(15-18(17)13-28)23(30)22-19(25)8-5-9-20(22)26/h2-9,17-18,21H,10-15H2,1H3,(H,27,31)/t17-,18?,21?/m0/s1. The van der Waals surface area contributed by atoms with Crippen LogP contribution in [0.25, 0.3) is 0 Å². The summed E-state index contributed by atoms with van der Waals surface area (Å²) in [5, 5.41) is 3.07. The van der Waals surface area contributed by atoms with E-state index in [-0.39, 0.29) is 22.5 Å². The van der Waals surface area contributed by atoms with Crippen molar-refractivity contribution in [3.63, 3.8) is 0 Å². The highest BCUT2D eigenvalue weighted by Crippen LogP contribution is 2.33. The summed E-state index contributed by atoms with van der Waals surface area (Å²) >= 11 is 6.08. The van der Waals surface area contributed by atoms with E-state index < -0.39 is 11.9 Å². The maximum absolute atomic E-state index is 14.2. The van der Waals surface area contributed by atoms with E-state index in [4.69, 9.17) is 16.3 Å². The molecule has 8 heteroatoms. The second-order valence-electron chi connectivity index (χ2n) is 8.47. The number of benzene rings is 2. The van der Waals surface area contributed by atoms with Gasteiger partial charge in [0.25, 0.3) is 5.91 Å². The first-order valence-electron chi connectivity index (χ1n) is 10.8. The summed E-state index contributed by atoms with van der Waals surface area (Å²) in [4.78, 5) is 28.7. The highest BCUT2D eigenvalue weighted by atomic mass is 35.5. The summed E-state index contributed by atoms with van der Waals surface area (Å²) in [6, 6.07) is 14.0. The lowest BCUT2D eigenvalue weighted by Gasteiger charge is -2.24. The van der Waals surface area contributed by atoms with E-state index in [2.05, 4.69) is 10.2 Å². The van der Waals surface area contributed by atoms with Gasteiger partial charge in [0.1, 0.15) is 5.82 Å².